The van der Waals surface area contributed by atoms with Crippen LogP contribution >= 0.6 is 22.9 Å². The second kappa shape index (κ2) is 9.60. The molecular formula is C22H16ClFN4O6S2. The van der Waals surface area contributed by atoms with Gasteiger partial charge in [-0.1, -0.05) is 17.7 Å². The lowest BCUT2D eigenvalue weighted by atomic mass is 10.1. The fraction of sp³-hybridized carbons (Fsp3) is 0.0455. The molecule has 0 radical (unpaired) electrons. The van der Waals surface area contributed by atoms with Crippen LogP contribution in [0.15, 0.2) is 63.7 Å². The molecule has 10 nitrogen and oxygen atoms in total. The number of carbonyl (C=O) groups is 2. The van der Waals surface area contributed by atoms with E-state index in [1.807, 2.05) is 4.72 Å². The topological polar surface area (TPSA) is 147 Å². The number of carboxylic acid groups (broad SMARTS) is 1. The third kappa shape index (κ3) is 4.76. The summed E-state index contributed by atoms with van der Waals surface area (Å²) in [6, 6.07) is 9.07. The zero-order valence-corrected chi connectivity index (χ0v) is 20.6. The van der Waals surface area contributed by atoms with Gasteiger partial charge in [-0.25, -0.2) is 27.1 Å². The van der Waals surface area contributed by atoms with Crippen LogP contribution in [0.2, 0.25) is 4.34 Å². The lowest BCUT2D eigenvalue weighted by Gasteiger charge is -2.17. The normalized spacial score (nSPS) is 11.3. The van der Waals surface area contributed by atoms with E-state index in [2.05, 4.69) is 10.6 Å². The van der Waals surface area contributed by atoms with E-state index in [9.17, 15) is 32.3 Å². The van der Waals surface area contributed by atoms with Crippen molar-refractivity contribution in [2.75, 3.05) is 17.7 Å². The smallest absolute Gasteiger partial charge is 0.337 e. The van der Waals surface area contributed by atoms with E-state index in [0.717, 1.165) is 22.0 Å². The summed E-state index contributed by atoms with van der Waals surface area (Å²) in [5, 5.41) is 15.0. The summed E-state index contributed by atoms with van der Waals surface area (Å²) >= 11 is 6.49. The molecule has 0 bridgehead atoms. The maximum atomic E-state index is 14.4. The fourth-order valence-corrected chi connectivity index (χ4v) is 5.86. The molecule has 2 aromatic carbocycles. The maximum absolute atomic E-state index is 14.4. The number of urea groups is 1. The van der Waals surface area contributed by atoms with Crippen LogP contribution < -0.4 is 20.9 Å². The molecule has 2 aromatic heterocycles. The number of thiophene rings is 1. The average molecular weight is 551 g/mol. The highest BCUT2D eigenvalue weighted by molar-refractivity contribution is 7.92. The summed E-state index contributed by atoms with van der Waals surface area (Å²) in [6.07, 6.45) is 1.28. The molecule has 0 spiro atoms. The largest absolute Gasteiger partial charge is 0.478 e. The van der Waals surface area contributed by atoms with E-state index in [-0.39, 0.29) is 36.6 Å². The van der Waals surface area contributed by atoms with Gasteiger partial charge in [0, 0.05) is 13.2 Å². The number of hydrogen-bond donors (Lipinski definition) is 4. The number of halogens is 2. The van der Waals surface area contributed by atoms with Gasteiger partial charge < -0.3 is 15.7 Å². The molecule has 0 saturated heterocycles. The summed E-state index contributed by atoms with van der Waals surface area (Å²) in [5.41, 5.74) is -1.39. The van der Waals surface area contributed by atoms with Gasteiger partial charge in [0.2, 0.25) is 0 Å². The van der Waals surface area contributed by atoms with Crippen LogP contribution in [0, 0.1) is 5.82 Å². The van der Waals surface area contributed by atoms with Crippen molar-refractivity contribution in [3.63, 3.8) is 0 Å². The van der Waals surface area contributed by atoms with Crippen LogP contribution in [-0.4, -0.2) is 37.1 Å². The molecule has 2 heterocycles. The van der Waals surface area contributed by atoms with Crippen LogP contribution in [0.5, 0.6) is 0 Å². The van der Waals surface area contributed by atoms with Crippen molar-refractivity contribution in [1.82, 2.24) is 9.29 Å². The van der Waals surface area contributed by atoms with Gasteiger partial charge in [0.05, 0.1) is 32.3 Å². The Bertz CT molecular complexity index is 1700. The van der Waals surface area contributed by atoms with Gasteiger partial charge in [-0.3, -0.25) is 9.36 Å². The molecule has 0 saturated carbocycles. The number of benzene rings is 2. The van der Waals surface area contributed by atoms with Gasteiger partial charge in [-0.15, -0.1) is 11.3 Å². The number of carboxylic acids is 1. The number of fused-ring (bicyclic) bond motifs is 1. The number of anilines is 2. The predicted molar refractivity (Wildman–Crippen MR) is 135 cm³/mol. The van der Waals surface area contributed by atoms with E-state index in [0.29, 0.717) is 5.39 Å². The minimum atomic E-state index is -4.27. The third-order valence-electron chi connectivity index (χ3n) is 5.06. The van der Waals surface area contributed by atoms with E-state index >= 15 is 0 Å². The number of rotatable bonds is 6. The van der Waals surface area contributed by atoms with Crippen LogP contribution in [0.3, 0.4) is 0 Å². The Morgan fingerprint density at radius 2 is 1.86 bits per heavy atom. The number of aromatic nitrogens is 1. The number of pyridine rings is 1. The Hall–Kier alpha value is -3.94. The highest BCUT2D eigenvalue weighted by Gasteiger charge is 2.23. The van der Waals surface area contributed by atoms with Crippen molar-refractivity contribution >= 4 is 67.1 Å². The fourth-order valence-electron chi connectivity index (χ4n) is 3.47. The number of aromatic carboxylic acids is 1. The van der Waals surface area contributed by atoms with Gasteiger partial charge in [0.1, 0.15) is 10.0 Å². The zero-order valence-electron chi connectivity index (χ0n) is 18.2. The van der Waals surface area contributed by atoms with Crippen molar-refractivity contribution < 1.29 is 27.5 Å². The molecule has 0 fully saturated rings. The molecule has 0 aliphatic heterocycles. The Morgan fingerprint density at radius 1 is 1.11 bits per heavy atom. The molecule has 14 heteroatoms. The molecule has 0 unspecified atom stereocenters. The van der Waals surface area contributed by atoms with Gasteiger partial charge >= 0.3 is 12.0 Å². The molecular weight excluding hydrogens is 535 g/mol. The van der Waals surface area contributed by atoms with E-state index in [4.69, 9.17) is 11.6 Å². The molecule has 4 rings (SSSR count). The van der Waals surface area contributed by atoms with Crippen molar-refractivity contribution in [3.8, 4) is 5.69 Å². The Morgan fingerprint density at radius 3 is 2.50 bits per heavy atom. The first-order chi connectivity index (χ1) is 17.0. The lowest BCUT2D eigenvalue weighted by Crippen LogP contribution is -2.34. The van der Waals surface area contributed by atoms with Crippen LogP contribution in [-0.2, 0) is 10.0 Å². The summed E-state index contributed by atoms with van der Waals surface area (Å²) in [6.45, 7) is 0. The molecule has 2 amide bonds. The monoisotopic (exact) mass is 550 g/mol. The number of para-hydroxylation sites is 1. The highest BCUT2D eigenvalue weighted by atomic mass is 35.5. The first kappa shape index (κ1) is 25.2. The van der Waals surface area contributed by atoms with Gasteiger partial charge in [-0.2, -0.15) is 0 Å². The Balaban J connectivity index is 1.80. The second-order valence-electron chi connectivity index (χ2n) is 7.29. The predicted octanol–water partition coefficient (Wildman–Crippen LogP) is 4.10. The number of hydrogen-bond acceptors (Lipinski definition) is 7. The molecule has 4 aromatic rings. The minimum absolute atomic E-state index is 0.0401. The Kier molecular flexibility index (Phi) is 6.71. The third-order valence-corrected chi connectivity index (χ3v) is 8.11. The van der Waals surface area contributed by atoms with Crippen LogP contribution in [0.25, 0.3) is 16.5 Å². The van der Waals surface area contributed by atoms with Crippen LogP contribution in [0.1, 0.15) is 10.4 Å². The summed E-state index contributed by atoms with van der Waals surface area (Å²) in [5.74, 6) is -2.11. The summed E-state index contributed by atoms with van der Waals surface area (Å²) in [7, 11) is -2.75. The summed E-state index contributed by atoms with van der Waals surface area (Å²) < 4.78 is 42.0. The first-order valence-corrected chi connectivity index (χ1v) is 12.7. The molecule has 36 heavy (non-hydrogen) atoms. The SMILES string of the molecule is CNc1cc2ccn(-c3c(NC(=O)NS(=O)(=O)c4ccc(Cl)s4)cccc3C(=O)O)c(=O)c2cc1F. The van der Waals surface area contributed by atoms with Crippen LogP contribution in [0.4, 0.5) is 20.6 Å². The molecule has 186 valence electrons. The van der Waals surface area contributed by atoms with Crippen molar-refractivity contribution in [2.45, 2.75) is 4.21 Å². The lowest BCUT2D eigenvalue weighted by molar-refractivity contribution is 0.0697. The minimum Gasteiger partial charge on any atom is -0.478 e. The van der Waals surface area contributed by atoms with Gasteiger partial charge in [0.15, 0.2) is 0 Å². The highest BCUT2D eigenvalue weighted by Crippen LogP contribution is 2.28. The van der Waals surface area contributed by atoms with E-state index < -0.39 is 33.4 Å². The number of nitrogens with zero attached hydrogens (tertiary/aromatic N) is 1. The quantitative estimate of drug-likeness (QED) is 0.283. The van der Waals surface area contributed by atoms with Crippen molar-refractivity contribution in [2.24, 2.45) is 0 Å². The number of sulfonamides is 1. The van der Waals surface area contributed by atoms with Gasteiger partial charge in [-0.05, 0) is 47.9 Å². The first-order valence-electron chi connectivity index (χ1n) is 10.0. The van der Waals surface area contributed by atoms with Gasteiger partial charge in [0.25, 0.3) is 15.6 Å². The summed E-state index contributed by atoms with van der Waals surface area (Å²) in [4.78, 5) is 37.8. The number of nitrogens with one attached hydrogen (secondary N) is 3. The molecule has 0 aliphatic rings. The number of amides is 2. The Labute approximate surface area is 212 Å². The van der Waals surface area contributed by atoms with Crippen molar-refractivity contribution in [3.05, 3.63) is 80.8 Å². The average Bonchev–Trinajstić information content (AvgIpc) is 3.26. The zero-order chi connectivity index (χ0) is 26.2. The van der Waals surface area contributed by atoms with E-state index in [1.54, 1.807) is 0 Å². The van der Waals surface area contributed by atoms with Crippen molar-refractivity contribution in [1.29, 1.82) is 0 Å². The number of carbonyl (C=O) groups excluding carboxylic acids is 1. The molecule has 0 aliphatic carbocycles. The standard InChI is InChI=1S/C22H16ClFN4O6S2/c1-25-16-9-11-7-8-28(20(29)13(11)10-14(16)24)19-12(21(30)31)3-2-4-15(19)26-22(32)27-36(33,34)18-6-5-17(23)35-18/h2-10,25H,1H3,(H,30,31)(H2,26,27,32). The molecule has 0 atom stereocenters. The van der Waals surface area contributed by atoms with E-state index in [1.165, 1.54) is 55.7 Å². The maximum Gasteiger partial charge on any atom is 0.337 e. The molecule has 4 N–H and O–H groups in total. The second-order valence-corrected chi connectivity index (χ2v) is 10.9.